The Hall–Kier alpha value is -2.38. The Kier molecular flexibility index (Phi) is 3.62. The lowest BCUT2D eigenvalue weighted by molar-refractivity contribution is 0.0879. The van der Waals surface area contributed by atoms with E-state index in [4.69, 9.17) is 11.6 Å². The Labute approximate surface area is 137 Å². The molecule has 118 valence electrons. The molecule has 0 aromatic heterocycles. The Bertz CT molecular complexity index is 954. The Morgan fingerprint density at radius 3 is 2.43 bits per heavy atom. The quantitative estimate of drug-likeness (QED) is 0.831. The molecule has 2 aromatic rings. The number of nitrogens with one attached hydrogen (secondary N) is 2. The summed E-state index contributed by atoms with van der Waals surface area (Å²) < 4.78 is 27.4. The van der Waals surface area contributed by atoms with Crippen LogP contribution in [0.1, 0.15) is 26.3 Å². The fraction of sp³-hybridized carbons (Fsp3) is 0.0667. The maximum atomic E-state index is 12.5. The van der Waals surface area contributed by atoms with Gasteiger partial charge in [-0.05, 0) is 42.8 Å². The van der Waals surface area contributed by atoms with Gasteiger partial charge in [0.2, 0.25) is 0 Å². The molecule has 8 heteroatoms. The van der Waals surface area contributed by atoms with E-state index in [2.05, 4.69) is 10.0 Å². The number of imide groups is 1. The second kappa shape index (κ2) is 5.36. The number of hydrogen-bond acceptors (Lipinski definition) is 4. The van der Waals surface area contributed by atoms with E-state index in [1.165, 1.54) is 24.3 Å². The molecule has 23 heavy (non-hydrogen) atoms. The summed E-state index contributed by atoms with van der Waals surface area (Å²) in [6, 6.07) is 8.61. The number of rotatable bonds is 3. The van der Waals surface area contributed by atoms with Crippen LogP contribution in [-0.2, 0) is 10.0 Å². The number of aryl methyl sites for hydroxylation is 1. The van der Waals surface area contributed by atoms with E-state index in [0.717, 1.165) is 0 Å². The van der Waals surface area contributed by atoms with Gasteiger partial charge in [0.05, 0.1) is 21.7 Å². The number of hydrogen-bond donors (Lipinski definition) is 2. The molecule has 2 amide bonds. The van der Waals surface area contributed by atoms with Gasteiger partial charge in [-0.2, -0.15) is 0 Å². The maximum Gasteiger partial charge on any atom is 0.261 e. The molecule has 6 nitrogen and oxygen atoms in total. The van der Waals surface area contributed by atoms with Crippen molar-refractivity contribution in [1.82, 2.24) is 5.32 Å². The van der Waals surface area contributed by atoms with Crippen molar-refractivity contribution in [3.63, 3.8) is 0 Å². The van der Waals surface area contributed by atoms with Gasteiger partial charge < -0.3 is 0 Å². The van der Waals surface area contributed by atoms with Crippen molar-refractivity contribution in [2.24, 2.45) is 0 Å². The number of benzene rings is 2. The number of amides is 2. The summed E-state index contributed by atoms with van der Waals surface area (Å²) in [6.07, 6.45) is 0. The van der Waals surface area contributed by atoms with Crippen LogP contribution in [0.2, 0.25) is 5.02 Å². The molecule has 0 radical (unpaired) electrons. The molecule has 0 spiro atoms. The zero-order chi connectivity index (χ0) is 16.8. The van der Waals surface area contributed by atoms with Crippen molar-refractivity contribution >= 4 is 39.1 Å². The largest absolute Gasteiger partial charge is 0.288 e. The van der Waals surface area contributed by atoms with Gasteiger partial charge in [0, 0.05) is 5.02 Å². The minimum Gasteiger partial charge on any atom is -0.288 e. The highest BCUT2D eigenvalue weighted by Gasteiger charge is 2.28. The lowest BCUT2D eigenvalue weighted by Crippen LogP contribution is -2.20. The normalized spacial score (nSPS) is 13.7. The average Bonchev–Trinajstić information content (AvgIpc) is 2.77. The van der Waals surface area contributed by atoms with Crippen LogP contribution in [0.5, 0.6) is 0 Å². The van der Waals surface area contributed by atoms with E-state index in [0.29, 0.717) is 16.3 Å². The predicted octanol–water partition coefficient (Wildman–Crippen LogP) is 2.33. The lowest BCUT2D eigenvalue weighted by atomic mass is 10.1. The molecule has 2 aromatic carbocycles. The zero-order valence-electron chi connectivity index (χ0n) is 11.9. The monoisotopic (exact) mass is 350 g/mol. The van der Waals surface area contributed by atoms with Crippen LogP contribution in [0.3, 0.4) is 0 Å². The second-order valence-corrected chi connectivity index (χ2v) is 7.17. The smallest absolute Gasteiger partial charge is 0.261 e. The first-order valence-electron chi connectivity index (χ1n) is 6.56. The van der Waals surface area contributed by atoms with Crippen LogP contribution in [0.4, 0.5) is 5.69 Å². The van der Waals surface area contributed by atoms with Crippen molar-refractivity contribution < 1.29 is 18.0 Å². The Balaban J connectivity index is 2.01. The van der Waals surface area contributed by atoms with Crippen LogP contribution in [-0.4, -0.2) is 20.2 Å². The lowest BCUT2D eigenvalue weighted by Gasteiger charge is -2.11. The standard InChI is InChI=1S/C15H11ClN2O4S/c1-8-2-3-9(16)6-13(8)18-23(21,22)10-4-5-11-12(7-10)15(20)17-14(11)19/h2-7,18H,1H3,(H,17,19,20). The molecule has 0 aliphatic carbocycles. The molecule has 2 N–H and O–H groups in total. The van der Waals surface area contributed by atoms with Crippen LogP contribution < -0.4 is 10.0 Å². The second-order valence-electron chi connectivity index (χ2n) is 5.06. The molecule has 1 aliphatic heterocycles. The number of carbonyl (C=O) groups excluding carboxylic acids is 2. The summed E-state index contributed by atoms with van der Waals surface area (Å²) in [5.41, 5.74) is 1.25. The van der Waals surface area contributed by atoms with E-state index in [1.54, 1.807) is 19.1 Å². The fourth-order valence-corrected chi connectivity index (χ4v) is 3.54. The van der Waals surface area contributed by atoms with Gasteiger partial charge in [0.1, 0.15) is 0 Å². The van der Waals surface area contributed by atoms with Gasteiger partial charge in [-0.15, -0.1) is 0 Å². The summed E-state index contributed by atoms with van der Waals surface area (Å²) in [4.78, 5) is 23.0. The van der Waals surface area contributed by atoms with E-state index in [-0.39, 0.29) is 16.0 Å². The highest BCUT2D eigenvalue weighted by molar-refractivity contribution is 7.92. The Morgan fingerprint density at radius 2 is 1.70 bits per heavy atom. The number of sulfonamides is 1. The predicted molar refractivity (Wildman–Crippen MR) is 85.2 cm³/mol. The van der Waals surface area contributed by atoms with Gasteiger partial charge in [-0.25, -0.2) is 8.42 Å². The topological polar surface area (TPSA) is 92.3 Å². The third-order valence-electron chi connectivity index (χ3n) is 3.46. The van der Waals surface area contributed by atoms with Crippen LogP contribution in [0, 0.1) is 6.92 Å². The minimum atomic E-state index is -3.92. The van der Waals surface area contributed by atoms with Crippen LogP contribution in [0.25, 0.3) is 0 Å². The van der Waals surface area contributed by atoms with E-state index in [9.17, 15) is 18.0 Å². The fourth-order valence-electron chi connectivity index (χ4n) is 2.22. The Morgan fingerprint density at radius 1 is 1.00 bits per heavy atom. The summed E-state index contributed by atoms with van der Waals surface area (Å²) in [5, 5.41) is 2.51. The van der Waals surface area contributed by atoms with Gasteiger partial charge in [0.15, 0.2) is 0 Å². The number of halogens is 1. The van der Waals surface area contributed by atoms with Gasteiger partial charge >= 0.3 is 0 Å². The molecule has 1 heterocycles. The van der Waals surface area contributed by atoms with E-state index >= 15 is 0 Å². The van der Waals surface area contributed by atoms with E-state index in [1.807, 2.05) is 0 Å². The summed E-state index contributed by atoms with van der Waals surface area (Å²) >= 11 is 5.88. The number of carbonyl (C=O) groups is 2. The highest BCUT2D eigenvalue weighted by atomic mass is 35.5. The summed E-state index contributed by atoms with van der Waals surface area (Å²) in [5.74, 6) is -1.14. The van der Waals surface area contributed by atoms with E-state index < -0.39 is 21.8 Å². The zero-order valence-corrected chi connectivity index (χ0v) is 13.5. The molecule has 0 bridgehead atoms. The number of anilines is 1. The van der Waals surface area contributed by atoms with Crippen molar-refractivity contribution in [3.8, 4) is 0 Å². The molecule has 0 saturated carbocycles. The first-order valence-corrected chi connectivity index (χ1v) is 8.43. The first kappa shape index (κ1) is 15.5. The van der Waals surface area contributed by atoms with Crippen molar-refractivity contribution in [2.75, 3.05) is 4.72 Å². The molecule has 0 fully saturated rings. The molecular weight excluding hydrogens is 340 g/mol. The first-order chi connectivity index (χ1) is 10.8. The third kappa shape index (κ3) is 2.80. The SMILES string of the molecule is Cc1ccc(Cl)cc1NS(=O)(=O)c1ccc2c(c1)C(=O)NC2=O. The van der Waals surface area contributed by atoms with Gasteiger partial charge in [0.25, 0.3) is 21.8 Å². The third-order valence-corrected chi connectivity index (χ3v) is 5.06. The molecule has 1 aliphatic rings. The number of fused-ring (bicyclic) bond motifs is 1. The highest BCUT2D eigenvalue weighted by Crippen LogP contribution is 2.25. The average molecular weight is 351 g/mol. The molecule has 3 rings (SSSR count). The molecule has 0 saturated heterocycles. The van der Waals surface area contributed by atoms with Crippen LogP contribution >= 0.6 is 11.6 Å². The van der Waals surface area contributed by atoms with Crippen molar-refractivity contribution in [2.45, 2.75) is 11.8 Å². The van der Waals surface area contributed by atoms with Crippen LogP contribution in [0.15, 0.2) is 41.3 Å². The molecule has 0 unspecified atom stereocenters. The van der Waals surface area contributed by atoms with Gasteiger partial charge in [-0.3, -0.25) is 19.6 Å². The summed E-state index contributed by atoms with van der Waals surface area (Å²) in [7, 11) is -3.92. The molecular formula is C15H11ClN2O4S. The van der Waals surface area contributed by atoms with Gasteiger partial charge in [-0.1, -0.05) is 17.7 Å². The minimum absolute atomic E-state index is 0.0423. The molecule has 0 atom stereocenters. The summed E-state index contributed by atoms with van der Waals surface area (Å²) in [6.45, 7) is 1.74. The van der Waals surface area contributed by atoms with Crippen molar-refractivity contribution in [3.05, 3.63) is 58.1 Å². The van der Waals surface area contributed by atoms with Crippen molar-refractivity contribution in [1.29, 1.82) is 0 Å². The maximum absolute atomic E-state index is 12.5.